The number of hydrogen-bond donors (Lipinski definition) is 3. The zero-order chi connectivity index (χ0) is 14.7. The van der Waals surface area contributed by atoms with Gasteiger partial charge in [0.15, 0.2) is 0 Å². The Balaban J connectivity index is 2.74. The normalized spacial score (nSPS) is 12.1. The fourth-order valence-electron chi connectivity index (χ4n) is 1.60. The average Bonchev–Trinajstić information content (AvgIpc) is 2.28. The van der Waals surface area contributed by atoms with Crippen LogP contribution in [0.1, 0.15) is 33.3 Å². The number of aliphatic hydroxyl groups is 1. The molecule has 0 saturated carbocycles. The molecule has 1 aromatic carbocycles. The number of rotatable bonds is 4. The van der Waals surface area contributed by atoms with Gasteiger partial charge in [0.2, 0.25) is 0 Å². The number of halogens is 1. The molecule has 2 amide bonds. The number of urea groups is 1. The third-order valence-electron chi connectivity index (χ3n) is 2.84. The maximum Gasteiger partial charge on any atom is 0.315 e. The first-order valence-electron chi connectivity index (χ1n) is 6.13. The minimum absolute atomic E-state index is 0.155. The maximum atomic E-state index is 12.9. The number of carbonyl (C=O) groups excluding carboxylic acids is 1. The molecule has 1 rings (SSSR count). The molecule has 0 aliphatic rings. The van der Waals surface area contributed by atoms with Gasteiger partial charge in [0.1, 0.15) is 5.82 Å². The zero-order valence-electron chi connectivity index (χ0n) is 11.7. The summed E-state index contributed by atoms with van der Waals surface area (Å²) >= 11 is 0. The van der Waals surface area contributed by atoms with E-state index < -0.39 is 11.1 Å². The van der Waals surface area contributed by atoms with Gasteiger partial charge in [-0.2, -0.15) is 0 Å². The van der Waals surface area contributed by atoms with Crippen LogP contribution in [0.4, 0.5) is 9.18 Å². The van der Waals surface area contributed by atoms with Crippen molar-refractivity contribution < 1.29 is 14.3 Å². The second-order valence-electron chi connectivity index (χ2n) is 5.75. The van der Waals surface area contributed by atoms with Crippen molar-refractivity contribution in [2.75, 3.05) is 6.61 Å². The number of amides is 2. The molecule has 1 aromatic rings. The highest BCUT2D eigenvalue weighted by molar-refractivity contribution is 5.75. The van der Waals surface area contributed by atoms with Crippen molar-refractivity contribution in [2.24, 2.45) is 0 Å². The third-order valence-corrected chi connectivity index (χ3v) is 2.84. The van der Waals surface area contributed by atoms with E-state index in [-0.39, 0.29) is 18.5 Å². The minimum atomic E-state index is -0.692. The predicted octanol–water partition coefficient (Wildman–Crippen LogP) is 2.13. The first-order valence-corrected chi connectivity index (χ1v) is 6.13. The number of benzene rings is 1. The smallest absolute Gasteiger partial charge is 0.315 e. The summed E-state index contributed by atoms with van der Waals surface area (Å²) in [6, 6.07) is 5.59. The van der Waals surface area contributed by atoms with Crippen molar-refractivity contribution in [3.8, 4) is 0 Å². The highest BCUT2D eigenvalue weighted by atomic mass is 19.1. The maximum absolute atomic E-state index is 12.9. The van der Waals surface area contributed by atoms with Gasteiger partial charge in [-0.05, 0) is 45.4 Å². The fourth-order valence-corrected chi connectivity index (χ4v) is 1.60. The molecular formula is C14H21FN2O2. The Morgan fingerprint density at radius 3 is 2.16 bits per heavy atom. The third kappa shape index (κ3) is 4.52. The van der Waals surface area contributed by atoms with Crippen molar-refractivity contribution in [3.63, 3.8) is 0 Å². The van der Waals surface area contributed by atoms with E-state index in [1.54, 1.807) is 26.0 Å². The molecule has 3 N–H and O–H groups in total. The largest absolute Gasteiger partial charge is 0.394 e. The van der Waals surface area contributed by atoms with E-state index in [2.05, 4.69) is 10.6 Å². The van der Waals surface area contributed by atoms with Gasteiger partial charge in [0.25, 0.3) is 0 Å². The molecule has 0 aliphatic carbocycles. The lowest BCUT2D eigenvalue weighted by atomic mass is 9.94. The summed E-state index contributed by atoms with van der Waals surface area (Å²) in [6.07, 6.45) is 0. The molecule has 0 spiro atoms. The average molecular weight is 268 g/mol. The molecule has 0 saturated heterocycles. The lowest BCUT2D eigenvalue weighted by Crippen LogP contribution is -2.54. The van der Waals surface area contributed by atoms with Gasteiger partial charge < -0.3 is 15.7 Å². The monoisotopic (exact) mass is 268 g/mol. The van der Waals surface area contributed by atoms with Gasteiger partial charge in [-0.3, -0.25) is 0 Å². The Morgan fingerprint density at radius 2 is 1.68 bits per heavy atom. The Morgan fingerprint density at radius 1 is 1.16 bits per heavy atom. The van der Waals surface area contributed by atoms with Crippen molar-refractivity contribution in [2.45, 2.75) is 38.8 Å². The standard InChI is InChI=1S/C14H21FN2O2/c1-13(2,9-18)16-12(19)17-14(3,4)10-5-7-11(15)8-6-10/h5-8,18H,9H2,1-4H3,(H2,16,17,19). The minimum Gasteiger partial charge on any atom is -0.394 e. The zero-order valence-corrected chi connectivity index (χ0v) is 11.7. The van der Waals surface area contributed by atoms with Crippen LogP contribution in [0.2, 0.25) is 0 Å². The van der Waals surface area contributed by atoms with E-state index in [0.29, 0.717) is 0 Å². The van der Waals surface area contributed by atoms with Crippen LogP contribution in [0.25, 0.3) is 0 Å². The van der Waals surface area contributed by atoms with Crippen LogP contribution in [-0.4, -0.2) is 23.3 Å². The molecule has 0 radical (unpaired) electrons. The first-order chi connectivity index (χ1) is 8.66. The summed E-state index contributed by atoms with van der Waals surface area (Å²) in [5.41, 5.74) is -0.530. The van der Waals surface area contributed by atoms with Crippen LogP contribution in [-0.2, 0) is 5.54 Å². The Bertz CT molecular complexity index is 441. The van der Waals surface area contributed by atoms with Gasteiger partial charge in [0, 0.05) is 0 Å². The number of carbonyl (C=O) groups is 1. The molecule has 19 heavy (non-hydrogen) atoms. The van der Waals surface area contributed by atoms with Gasteiger partial charge in [-0.15, -0.1) is 0 Å². The SMILES string of the molecule is CC(C)(CO)NC(=O)NC(C)(C)c1ccc(F)cc1. The van der Waals surface area contributed by atoms with Crippen LogP contribution in [0.3, 0.4) is 0 Å². The van der Waals surface area contributed by atoms with Gasteiger partial charge >= 0.3 is 6.03 Å². The van der Waals surface area contributed by atoms with Crippen molar-refractivity contribution in [3.05, 3.63) is 35.6 Å². The number of hydrogen-bond acceptors (Lipinski definition) is 2. The molecule has 0 fully saturated rings. The molecule has 0 aromatic heterocycles. The summed E-state index contributed by atoms with van der Waals surface area (Å²) in [5, 5.41) is 14.6. The highest BCUT2D eigenvalue weighted by Gasteiger charge is 2.26. The first kappa shape index (κ1) is 15.4. The molecule has 0 atom stereocenters. The number of nitrogens with one attached hydrogen (secondary N) is 2. The van der Waals surface area contributed by atoms with E-state index in [4.69, 9.17) is 5.11 Å². The molecule has 5 heteroatoms. The molecular weight excluding hydrogens is 247 g/mol. The van der Waals surface area contributed by atoms with Crippen LogP contribution >= 0.6 is 0 Å². The van der Waals surface area contributed by atoms with E-state index in [9.17, 15) is 9.18 Å². The number of aliphatic hydroxyl groups excluding tert-OH is 1. The van der Waals surface area contributed by atoms with E-state index in [1.807, 2.05) is 13.8 Å². The summed E-state index contributed by atoms with van der Waals surface area (Å²) in [7, 11) is 0. The molecule has 4 nitrogen and oxygen atoms in total. The lowest BCUT2D eigenvalue weighted by Gasteiger charge is -2.30. The molecule has 0 aliphatic heterocycles. The Labute approximate surface area is 113 Å². The van der Waals surface area contributed by atoms with Crippen molar-refractivity contribution >= 4 is 6.03 Å². The lowest BCUT2D eigenvalue weighted by molar-refractivity contribution is 0.177. The Kier molecular flexibility index (Phi) is 4.52. The van der Waals surface area contributed by atoms with Crippen LogP contribution < -0.4 is 10.6 Å². The van der Waals surface area contributed by atoms with Crippen molar-refractivity contribution in [1.29, 1.82) is 0 Å². The highest BCUT2D eigenvalue weighted by Crippen LogP contribution is 2.20. The second-order valence-corrected chi connectivity index (χ2v) is 5.75. The quantitative estimate of drug-likeness (QED) is 0.783. The molecule has 106 valence electrons. The summed E-state index contributed by atoms with van der Waals surface area (Å²) < 4.78 is 12.9. The van der Waals surface area contributed by atoms with Gasteiger partial charge in [-0.1, -0.05) is 12.1 Å². The summed E-state index contributed by atoms with van der Waals surface area (Å²) in [6.45, 7) is 6.93. The molecule has 0 bridgehead atoms. The predicted molar refractivity (Wildman–Crippen MR) is 72.3 cm³/mol. The second kappa shape index (κ2) is 5.57. The van der Waals surface area contributed by atoms with E-state index in [0.717, 1.165) is 5.56 Å². The van der Waals surface area contributed by atoms with Gasteiger partial charge in [0.05, 0.1) is 17.7 Å². The molecule has 0 heterocycles. The van der Waals surface area contributed by atoms with E-state index >= 15 is 0 Å². The topological polar surface area (TPSA) is 61.4 Å². The van der Waals surface area contributed by atoms with Gasteiger partial charge in [-0.25, -0.2) is 9.18 Å². The fraction of sp³-hybridized carbons (Fsp3) is 0.500. The summed E-state index contributed by atoms with van der Waals surface area (Å²) in [5.74, 6) is -0.314. The van der Waals surface area contributed by atoms with E-state index in [1.165, 1.54) is 12.1 Å². The van der Waals surface area contributed by atoms with Crippen LogP contribution in [0, 0.1) is 5.82 Å². The van der Waals surface area contributed by atoms with Crippen LogP contribution in [0.15, 0.2) is 24.3 Å². The summed E-state index contributed by atoms with van der Waals surface area (Å²) in [4.78, 5) is 11.9. The molecule has 0 unspecified atom stereocenters. The Hall–Kier alpha value is -1.62. The van der Waals surface area contributed by atoms with Crippen LogP contribution in [0.5, 0.6) is 0 Å². The van der Waals surface area contributed by atoms with Crippen molar-refractivity contribution in [1.82, 2.24) is 10.6 Å².